The average Bonchev–Trinajstić information content (AvgIpc) is 2.59. The molecule has 2 aliphatic carbocycles. The second-order valence-corrected chi connectivity index (χ2v) is 8.98. The SMILES string of the molecule is CNc1cc(N2CC3(CCC3)C2)c(C(=O)NC2CCC(C(F)(F)F)CC2)cc1N. The van der Waals surface area contributed by atoms with Crippen LogP contribution in [0.2, 0.25) is 0 Å². The van der Waals surface area contributed by atoms with Gasteiger partial charge in [0.1, 0.15) is 0 Å². The van der Waals surface area contributed by atoms with Gasteiger partial charge >= 0.3 is 6.18 Å². The second kappa shape index (κ2) is 7.29. The molecule has 1 amide bonds. The molecule has 0 radical (unpaired) electrons. The molecule has 4 rings (SSSR count). The molecule has 0 atom stereocenters. The summed E-state index contributed by atoms with van der Waals surface area (Å²) in [5.41, 5.74) is 9.13. The number of hydrogen-bond acceptors (Lipinski definition) is 4. The van der Waals surface area contributed by atoms with E-state index in [1.807, 2.05) is 6.07 Å². The standard InChI is InChI=1S/C21H29F3N4O/c1-26-17-10-18(28-11-20(12-28)7-2-8-20)15(9-16(17)25)19(29)27-14-5-3-13(4-6-14)21(22,23)24/h9-10,13-14,26H,2-8,11-12,25H2,1H3,(H,27,29). The number of halogens is 3. The molecule has 3 fully saturated rings. The van der Waals surface area contributed by atoms with Gasteiger partial charge in [0.2, 0.25) is 0 Å². The molecular weight excluding hydrogens is 381 g/mol. The van der Waals surface area contributed by atoms with Crippen LogP contribution >= 0.6 is 0 Å². The Morgan fingerprint density at radius 3 is 2.34 bits per heavy atom. The maximum absolute atomic E-state index is 13.0. The number of hydrogen-bond donors (Lipinski definition) is 3. The van der Waals surface area contributed by atoms with Crippen molar-refractivity contribution in [3.05, 3.63) is 17.7 Å². The summed E-state index contributed by atoms with van der Waals surface area (Å²) in [5, 5.41) is 6.02. The number of nitrogens with one attached hydrogen (secondary N) is 2. The Kier molecular flexibility index (Phi) is 5.07. The van der Waals surface area contributed by atoms with Crippen LogP contribution in [0.5, 0.6) is 0 Å². The summed E-state index contributed by atoms with van der Waals surface area (Å²) < 4.78 is 38.6. The maximum atomic E-state index is 13.0. The zero-order valence-corrected chi connectivity index (χ0v) is 16.7. The predicted molar refractivity (Wildman–Crippen MR) is 108 cm³/mol. The molecule has 2 saturated carbocycles. The second-order valence-electron chi connectivity index (χ2n) is 8.98. The van der Waals surface area contributed by atoms with Crippen LogP contribution in [0.1, 0.15) is 55.3 Å². The lowest BCUT2D eigenvalue weighted by molar-refractivity contribution is -0.182. The molecule has 0 unspecified atom stereocenters. The van der Waals surface area contributed by atoms with Crippen molar-refractivity contribution in [3.63, 3.8) is 0 Å². The molecule has 0 aromatic heterocycles. The molecule has 0 bridgehead atoms. The Morgan fingerprint density at radius 2 is 1.83 bits per heavy atom. The lowest BCUT2D eigenvalue weighted by atomic mass is 9.63. The Labute approximate surface area is 169 Å². The number of nitrogen functional groups attached to an aromatic ring is 1. The van der Waals surface area contributed by atoms with E-state index >= 15 is 0 Å². The molecule has 3 aliphatic rings. The van der Waals surface area contributed by atoms with E-state index in [-0.39, 0.29) is 24.8 Å². The molecule has 5 nitrogen and oxygen atoms in total. The van der Waals surface area contributed by atoms with Crippen LogP contribution in [0, 0.1) is 11.3 Å². The minimum absolute atomic E-state index is 0.0663. The maximum Gasteiger partial charge on any atom is 0.391 e. The number of benzene rings is 1. The first kappa shape index (κ1) is 20.2. The predicted octanol–water partition coefficient (Wildman–Crippen LogP) is 4.15. The third-order valence-corrected chi connectivity index (χ3v) is 7.01. The van der Waals surface area contributed by atoms with Crippen molar-refractivity contribution < 1.29 is 18.0 Å². The molecule has 1 aliphatic heterocycles. The third-order valence-electron chi connectivity index (χ3n) is 7.01. The lowest BCUT2D eigenvalue weighted by Crippen LogP contribution is -2.60. The van der Waals surface area contributed by atoms with Crippen LogP contribution in [0.25, 0.3) is 0 Å². The van der Waals surface area contributed by atoms with E-state index in [9.17, 15) is 18.0 Å². The number of amides is 1. The zero-order chi connectivity index (χ0) is 20.8. The van der Waals surface area contributed by atoms with Crippen LogP contribution in [0.3, 0.4) is 0 Å². The van der Waals surface area contributed by atoms with E-state index in [4.69, 9.17) is 5.73 Å². The Morgan fingerprint density at radius 1 is 1.17 bits per heavy atom. The smallest absolute Gasteiger partial charge is 0.391 e. The number of nitrogens with two attached hydrogens (primary N) is 1. The van der Waals surface area contributed by atoms with Crippen molar-refractivity contribution in [1.82, 2.24) is 5.32 Å². The van der Waals surface area contributed by atoms with E-state index in [1.54, 1.807) is 13.1 Å². The van der Waals surface area contributed by atoms with Gasteiger partial charge in [-0.2, -0.15) is 13.2 Å². The molecule has 1 heterocycles. The minimum Gasteiger partial charge on any atom is -0.397 e. The van der Waals surface area contributed by atoms with E-state index in [2.05, 4.69) is 15.5 Å². The van der Waals surface area contributed by atoms with Crippen LogP contribution in [-0.2, 0) is 0 Å². The largest absolute Gasteiger partial charge is 0.397 e. The lowest BCUT2D eigenvalue weighted by Gasteiger charge is -2.57. The molecule has 29 heavy (non-hydrogen) atoms. The van der Waals surface area contributed by atoms with Gasteiger partial charge in [0, 0.05) is 31.6 Å². The van der Waals surface area contributed by atoms with Gasteiger partial charge in [-0.05, 0) is 50.7 Å². The summed E-state index contributed by atoms with van der Waals surface area (Å²) in [5.74, 6) is -1.50. The molecule has 160 valence electrons. The van der Waals surface area contributed by atoms with E-state index < -0.39 is 12.1 Å². The third kappa shape index (κ3) is 3.85. The highest BCUT2D eigenvalue weighted by Gasteiger charge is 2.48. The van der Waals surface area contributed by atoms with Crippen molar-refractivity contribution in [3.8, 4) is 0 Å². The highest BCUT2D eigenvalue weighted by molar-refractivity contribution is 6.02. The van der Waals surface area contributed by atoms with Crippen LogP contribution < -0.4 is 21.3 Å². The number of carbonyl (C=O) groups excluding carboxylic acids is 1. The fraction of sp³-hybridized carbons (Fsp3) is 0.667. The van der Waals surface area contributed by atoms with Crippen LogP contribution in [0.15, 0.2) is 12.1 Å². The summed E-state index contributed by atoms with van der Waals surface area (Å²) in [6.07, 6.45) is 0.431. The molecule has 4 N–H and O–H groups in total. The fourth-order valence-corrected chi connectivity index (χ4v) is 5.02. The van der Waals surface area contributed by atoms with E-state index in [0.717, 1.165) is 24.5 Å². The zero-order valence-electron chi connectivity index (χ0n) is 16.7. The number of nitrogens with zero attached hydrogens (tertiary/aromatic N) is 1. The first-order valence-corrected chi connectivity index (χ1v) is 10.4. The van der Waals surface area contributed by atoms with Gasteiger partial charge < -0.3 is 21.3 Å². The Balaban J connectivity index is 1.47. The number of anilines is 3. The quantitative estimate of drug-likeness (QED) is 0.652. The molecule has 1 aromatic carbocycles. The van der Waals surface area contributed by atoms with Crippen molar-refractivity contribution >= 4 is 23.0 Å². The van der Waals surface area contributed by atoms with Crippen molar-refractivity contribution in [2.24, 2.45) is 11.3 Å². The minimum atomic E-state index is -4.14. The number of rotatable bonds is 4. The van der Waals surface area contributed by atoms with E-state index in [0.29, 0.717) is 29.5 Å². The van der Waals surface area contributed by atoms with Gasteiger partial charge in [-0.15, -0.1) is 0 Å². The highest BCUT2D eigenvalue weighted by Crippen LogP contribution is 2.50. The van der Waals surface area contributed by atoms with Gasteiger partial charge in [-0.3, -0.25) is 4.79 Å². The molecule has 1 spiro atoms. The van der Waals surface area contributed by atoms with E-state index in [1.165, 1.54) is 19.3 Å². The Bertz CT molecular complexity index is 775. The Hall–Kier alpha value is -2.12. The van der Waals surface area contributed by atoms with Gasteiger partial charge in [0.15, 0.2) is 0 Å². The van der Waals surface area contributed by atoms with Crippen molar-refractivity contribution in [1.29, 1.82) is 0 Å². The van der Waals surface area contributed by atoms with Gasteiger partial charge in [-0.25, -0.2) is 0 Å². The summed E-state index contributed by atoms with van der Waals surface area (Å²) in [7, 11) is 1.79. The molecular formula is C21H29F3N4O. The number of alkyl halides is 3. The van der Waals surface area contributed by atoms with Gasteiger partial charge in [0.25, 0.3) is 5.91 Å². The topological polar surface area (TPSA) is 70.4 Å². The van der Waals surface area contributed by atoms with Gasteiger partial charge in [-0.1, -0.05) is 6.42 Å². The average molecular weight is 410 g/mol. The first-order chi connectivity index (χ1) is 13.7. The molecule has 1 aromatic rings. The summed E-state index contributed by atoms with van der Waals surface area (Å²) in [4.78, 5) is 15.2. The monoisotopic (exact) mass is 410 g/mol. The molecule has 1 saturated heterocycles. The summed E-state index contributed by atoms with van der Waals surface area (Å²) in [6, 6.07) is 3.37. The summed E-state index contributed by atoms with van der Waals surface area (Å²) >= 11 is 0. The molecule has 8 heteroatoms. The summed E-state index contributed by atoms with van der Waals surface area (Å²) in [6.45, 7) is 1.88. The fourth-order valence-electron chi connectivity index (χ4n) is 5.02. The van der Waals surface area contributed by atoms with Crippen LogP contribution in [-0.4, -0.2) is 38.3 Å². The highest BCUT2D eigenvalue weighted by atomic mass is 19.4. The van der Waals surface area contributed by atoms with Crippen molar-refractivity contribution in [2.75, 3.05) is 36.1 Å². The van der Waals surface area contributed by atoms with Crippen molar-refractivity contribution in [2.45, 2.75) is 57.2 Å². The van der Waals surface area contributed by atoms with Gasteiger partial charge in [0.05, 0.1) is 28.5 Å². The number of carbonyl (C=O) groups is 1. The first-order valence-electron chi connectivity index (χ1n) is 10.4. The normalized spacial score (nSPS) is 25.9. The van der Waals surface area contributed by atoms with Crippen LogP contribution in [0.4, 0.5) is 30.2 Å².